The van der Waals surface area contributed by atoms with E-state index in [1.807, 2.05) is 12.2 Å². The van der Waals surface area contributed by atoms with Crippen LogP contribution in [0.1, 0.15) is 41.0 Å². The highest BCUT2D eigenvalue weighted by Gasteiger charge is 2.35. The Morgan fingerprint density at radius 1 is 1.08 bits per heavy atom. The Balaban J connectivity index is 2.83. The monoisotopic (exact) mass is 368 g/mol. The first-order valence-electron chi connectivity index (χ1n) is 9.10. The van der Waals surface area contributed by atoms with E-state index in [1.54, 1.807) is 0 Å². The molecule has 25 heavy (non-hydrogen) atoms. The second-order valence-electron chi connectivity index (χ2n) is 6.62. The van der Waals surface area contributed by atoms with Crippen molar-refractivity contribution in [3.05, 3.63) is 23.9 Å². The first kappa shape index (κ1) is 21.6. The minimum atomic E-state index is -1.49. The Hall–Kier alpha value is -1.40. The van der Waals surface area contributed by atoms with Crippen LogP contribution < -0.4 is 0 Å². The lowest BCUT2D eigenvalue weighted by atomic mass is 10.1. The van der Waals surface area contributed by atoms with Crippen molar-refractivity contribution in [1.82, 2.24) is 0 Å². The fourth-order valence-electron chi connectivity index (χ4n) is 3.42. The Morgan fingerprint density at radius 3 is 2.16 bits per heavy atom. The first-order chi connectivity index (χ1) is 11.8. The molecule has 0 saturated carbocycles. The molecule has 6 heteroatoms. The summed E-state index contributed by atoms with van der Waals surface area (Å²) in [5.74, 6) is -0.765. The topological polar surface area (TPSA) is 61.8 Å². The average molecular weight is 369 g/mol. The van der Waals surface area contributed by atoms with Crippen LogP contribution in [0.25, 0.3) is 0 Å². The van der Waals surface area contributed by atoms with Crippen LogP contribution in [-0.2, 0) is 23.8 Å². The molecular weight excluding hydrogens is 336 g/mol. The van der Waals surface area contributed by atoms with E-state index in [0.717, 1.165) is 6.42 Å². The Morgan fingerprint density at radius 2 is 1.68 bits per heavy atom. The molecule has 0 fully saturated rings. The average Bonchev–Trinajstić information content (AvgIpc) is 2.56. The number of rotatable bonds is 9. The minimum Gasteiger partial charge on any atom is -0.463 e. The van der Waals surface area contributed by atoms with Crippen LogP contribution >= 0.6 is 0 Å². The summed E-state index contributed by atoms with van der Waals surface area (Å²) in [5.41, 5.74) is 0. The Bertz CT molecular complexity index is 502. The van der Waals surface area contributed by atoms with Crippen LogP contribution in [0.2, 0.25) is 18.1 Å². The van der Waals surface area contributed by atoms with Gasteiger partial charge in [-0.15, -0.1) is 6.58 Å². The molecule has 1 heterocycles. The maximum atomic E-state index is 11.3. The third-order valence-electron chi connectivity index (χ3n) is 5.21. The van der Waals surface area contributed by atoms with Gasteiger partial charge in [-0.25, -0.2) is 0 Å². The quantitative estimate of drug-likeness (QED) is 0.352. The van der Waals surface area contributed by atoms with Gasteiger partial charge < -0.3 is 14.2 Å². The van der Waals surface area contributed by atoms with Gasteiger partial charge in [0.15, 0.2) is 0 Å². The highest BCUT2D eigenvalue weighted by Crippen LogP contribution is 2.32. The summed E-state index contributed by atoms with van der Waals surface area (Å²) in [5, 5.41) is 1.31. The SMILES string of the molecule is C=C(C[C@@H]1C=C[C@H](OC(C)=O)[C@@H](COC(C)=O)O1)[Si](CC)(CC)CC. The van der Waals surface area contributed by atoms with Gasteiger partial charge in [0.2, 0.25) is 0 Å². The smallest absolute Gasteiger partial charge is 0.303 e. The van der Waals surface area contributed by atoms with Crippen molar-refractivity contribution in [3.63, 3.8) is 0 Å². The van der Waals surface area contributed by atoms with Gasteiger partial charge in [0, 0.05) is 13.8 Å². The maximum absolute atomic E-state index is 11.3. The molecule has 0 N–H and O–H groups in total. The molecule has 5 nitrogen and oxygen atoms in total. The molecule has 1 aliphatic heterocycles. The predicted octanol–water partition coefficient (Wildman–Crippen LogP) is 3.80. The van der Waals surface area contributed by atoms with Gasteiger partial charge >= 0.3 is 11.9 Å². The number of esters is 2. The van der Waals surface area contributed by atoms with Gasteiger partial charge in [-0.2, -0.15) is 0 Å². The van der Waals surface area contributed by atoms with E-state index in [9.17, 15) is 9.59 Å². The zero-order valence-corrected chi connectivity index (χ0v) is 17.2. The summed E-state index contributed by atoms with van der Waals surface area (Å²) >= 11 is 0. The first-order valence-corrected chi connectivity index (χ1v) is 11.7. The van der Waals surface area contributed by atoms with Crippen LogP contribution in [0.5, 0.6) is 0 Å². The molecule has 1 aliphatic rings. The molecule has 0 unspecified atom stereocenters. The molecule has 0 aromatic heterocycles. The van der Waals surface area contributed by atoms with Crippen molar-refractivity contribution in [2.75, 3.05) is 6.61 Å². The maximum Gasteiger partial charge on any atom is 0.303 e. The predicted molar refractivity (Wildman–Crippen MR) is 101 cm³/mol. The molecule has 0 aromatic rings. The largest absolute Gasteiger partial charge is 0.463 e. The standard InChI is InChI=1S/C19H32O5Si/c1-7-25(8-2,9-3)14(4)12-17-10-11-18(23-16(6)21)19(24-17)13-22-15(5)20/h10-11,17-19H,4,7-9,12-13H2,1-3,5-6H3/t17-,18-,19+/m0/s1. The van der Waals surface area contributed by atoms with Crippen molar-refractivity contribution >= 4 is 20.0 Å². The molecular formula is C19H32O5Si. The number of hydrogen-bond acceptors (Lipinski definition) is 5. The van der Waals surface area contributed by atoms with Crippen LogP contribution in [0.4, 0.5) is 0 Å². The Labute approximate surface area is 152 Å². The summed E-state index contributed by atoms with van der Waals surface area (Å²) in [6.07, 6.45) is 3.38. The zero-order valence-electron chi connectivity index (χ0n) is 16.2. The third-order valence-corrected chi connectivity index (χ3v) is 11.0. The molecule has 0 bridgehead atoms. The van der Waals surface area contributed by atoms with E-state index in [-0.39, 0.29) is 24.6 Å². The zero-order chi connectivity index (χ0) is 19.0. The van der Waals surface area contributed by atoms with Gasteiger partial charge in [0.25, 0.3) is 0 Å². The fourth-order valence-corrected chi connectivity index (χ4v) is 7.05. The Kier molecular flexibility index (Phi) is 8.59. The van der Waals surface area contributed by atoms with E-state index in [4.69, 9.17) is 14.2 Å². The molecule has 142 valence electrons. The second-order valence-corrected chi connectivity index (χ2v) is 12.0. The normalized spacial score (nSPS) is 23.2. The van der Waals surface area contributed by atoms with Gasteiger partial charge in [-0.05, 0) is 12.5 Å². The lowest BCUT2D eigenvalue weighted by Crippen LogP contribution is -2.43. The van der Waals surface area contributed by atoms with E-state index >= 15 is 0 Å². The molecule has 1 rings (SSSR count). The number of carbonyl (C=O) groups excluding carboxylic acids is 2. The summed E-state index contributed by atoms with van der Waals surface area (Å²) < 4.78 is 16.4. The second kappa shape index (κ2) is 9.92. The highest BCUT2D eigenvalue weighted by molar-refractivity contribution is 6.86. The van der Waals surface area contributed by atoms with Crippen LogP contribution in [0, 0.1) is 0 Å². The molecule has 0 aromatic carbocycles. The van der Waals surface area contributed by atoms with Gasteiger partial charge in [-0.1, -0.05) is 50.2 Å². The summed E-state index contributed by atoms with van der Waals surface area (Å²) in [6.45, 7) is 13.9. The summed E-state index contributed by atoms with van der Waals surface area (Å²) in [6, 6.07) is 3.55. The van der Waals surface area contributed by atoms with Crippen molar-refractivity contribution in [2.24, 2.45) is 0 Å². The van der Waals surface area contributed by atoms with Crippen molar-refractivity contribution in [3.8, 4) is 0 Å². The summed E-state index contributed by atoms with van der Waals surface area (Å²) in [7, 11) is -1.49. The van der Waals surface area contributed by atoms with Crippen molar-refractivity contribution in [1.29, 1.82) is 0 Å². The van der Waals surface area contributed by atoms with Crippen molar-refractivity contribution in [2.45, 2.75) is 77.5 Å². The number of ether oxygens (including phenoxy) is 3. The van der Waals surface area contributed by atoms with Gasteiger partial charge in [0.1, 0.15) is 18.8 Å². The lowest BCUT2D eigenvalue weighted by molar-refractivity contribution is -0.163. The van der Waals surface area contributed by atoms with E-state index in [1.165, 1.54) is 37.2 Å². The van der Waals surface area contributed by atoms with Crippen LogP contribution in [-0.4, -0.2) is 44.9 Å². The lowest BCUT2D eigenvalue weighted by Gasteiger charge is -2.35. The molecule has 3 atom stereocenters. The van der Waals surface area contributed by atoms with Gasteiger partial charge in [0.05, 0.1) is 14.2 Å². The van der Waals surface area contributed by atoms with Crippen LogP contribution in [0.15, 0.2) is 23.9 Å². The molecule has 0 amide bonds. The third kappa shape index (κ3) is 6.11. The van der Waals surface area contributed by atoms with Crippen molar-refractivity contribution < 1.29 is 23.8 Å². The van der Waals surface area contributed by atoms with Crippen LogP contribution in [0.3, 0.4) is 0 Å². The molecule has 0 saturated heterocycles. The molecule has 0 spiro atoms. The highest BCUT2D eigenvalue weighted by atomic mass is 28.3. The number of carbonyl (C=O) groups is 2. The van der Waals surface area contributed by atoms with E-state index in [2.05, 4.69) is 27.4 Å². The minimum absolute atomic E-state index is 0.0680. The summed E-state index contributed by atoms with van der Waals surface area (Å²) in [4.78, 5) is 22.4. The molecule has 0 radical (unpaired) electrons. The van der Waals surface area contributed by atoms with E-state index < -0.39 is 20.3 Å². The fraction of sp³-hybridized carbons (Fsp3) is 0.684. The van der Waals surface area contributed by atoms with Gasteiger partial charge in [-0.3, -0.25) is 9.59 Å². The van der Waals surface area contributed by atoms with E-state index in [0.29, 0.717) is 0 Å². The molecule has 0 aliphatic carbocycles. The number of hydrogen-bond donors (Lipinski definition) is 0.